The van der Waals surface area contributed by atoms with Crippen LogP contribution in [0.5, 0.6) is 0 Å². The van der Waals surface area contributed by atoms with Crippen molar-refractivity contribution in [1.82, 2.24) is 4.31 Å². The number of hydrogen-bond acceptors (Lipinski definition) is 2. The lowest BCUT2D eigenvalue weighted by atomic mass is 10.1. The first-order valence-corrected chi connectivity index (χ1v) is 6.78. The lowest BCUT2D eigenvalue weighted by molar-refractivity contribution is 0.356. The van der Waals surface area contributed by atoms with E-state index in [1.807, 2.05) is 20.8 Å². The van der Waals surface area contributed by atoms with Crippen LogP contribution in [0.2, 0.25) is 0 Å². The van der Waals surface area contributed by atoms with Gasteiger partial charge in [0.1, 0.15) is 4.75 Å². The molecule has 2 atom stereocenters. The highest BCUT2D eigenvalue weighted by Crippen LogP contribution is 2.38. The zero-order chi connectivity index (χ0) is 11.9. The Labute approximate surface area is 101 Å². The van der Waals surface area contributed by atoms with Crippen molar-refractivity contribution >= 4 is 11.4 Å². The Morgan fingerprint density at radius 3 is 2.50 bits per heavy atom. The molecule has 0 saturated heterocycles. The first kappa shape index (κ1) is 12.0. The molecule has 0 amide bonds. The van der Waals surface area contributed by atoms with Crippen LogP contribution >= 0.6 is 0 Å². The number of rotatable bonds is 1. The lowest BCUT2D eigenvalue weighted by Crippen LogP contribution is -2.41. The molecule has 0 saturated carbocycles. The van der Waals surface area contributed by atoms with Gasteiger partial charge in [0.05, 0.1) is 12.6 Å². The molecule has 0 radical (unpaired) electrons. The maximum Gasteiger partial charge on any atom is 0.137 e. The van der Waals surface area contributed by atoms with E-state index < -0.39 is 11.4 Å². The van der Waals surface area contributed by atoms with Gasteiger partial charge in [-0.3, -0.25) is 0 Å². The molecule has 1 aromatic rings. The van der Waals surface area contributed by atoms with Crippen LogP contribution in [-0.2, 0) is 17.9 Å². The average Bonchev–Trinajstić information content (AvgIpc) is 2.54. The molecule has 0 N–H and O–H groups in total. The molecule has 1 unspecified atom stereocenters. The molecular weight excluding hydrogens is 218 g/mol. The largest absolute Gasteiger partial charge is 0.597 e. The summed E-state index contributed by atoms with van der Waals surface area (Å²) in [5.74, 6) is 0. The quantitative estimate of drug-likeness (QED) is 0.702. The molecule has 3 heteroatoms. The summed E-state index contributed by atoms with van der Waals surface area (Å²) in [6.45, 7) is 9.02. The fourth-order valence-electron chi connectivity index (χ4n) is 2.10. The van der Waals surface area contributed by atoms with E-state index in [9.17, 15) is 4.55 Å². The zero-order valence-corrected chi connectivity index (χ0v) is 11.2. The molecule has 16 heavy (non-hydrogen) atoms. The van der Waals surface area contributed by atoms with E-state index in [2.05, 4.69) is 35.5 Å². The minimum absolute atomic E-state index is 0.184. The molecule has 0 fully saturated rings. The Morgan fingerprint density at radius 2 is 1.94 bits per heavy atom. The van der Waals surface area contributed by atoms with Crippen molar-refractivity contribution in [3.8, 4) is 0 Å². The third kappa shape index (κ3) is 1.99. The predicted octanol–water partition coefficient (Wildman–Crippen LogP) is 3.03. The second-order valence-electron chi connectivity index (χ2n) is 5.31. The van der Waals surface area contributed by atoms with Gasteiger partial charge >= 0.3 is 0 Å². The normalized spacial score (nSPS) is 23.2. The van der Waals surface area contributed by atoms with Crippen molar-refractivity contribution in [3.63, 3.8) is 0 Å². The number of nitrogens with zero attached hydrogens (tertiary/aromatic N) is 1. The molecule has 0 bridgehead atoms. The van der Waals surface area contributed by atoms with Gasteiger partial charge in [-0.15, -0.1) is 4.31 Å². The molecule has 0 aromatic heterocycles. The van der Waals surface area contributed by atoms with Crippen LogP contribution in [0.1, 0.15) is 44.9 Å². The fraction of sp³-hybridized carbons (Fsp3) is 0.538. The highest BCUT2D eigenvalue weighted by atomic mass is 32.2. The molecule has 1 aliphatic rings. The Bertz CT molecular complexity index is 386. The Morgan fingerprint density at radius 1 is 1.31 bits per heavy atom. The number of fused-ring (bicyclic) bond motifs is 1. The van der Waals surface area contributed by atoms with Crippen LogP contribution in [0.3, 0.4) is 0 Å². The number of hydrogen-bond donors (Lipinski definition) is 0. The van der Waals surface area contributed by atoms with E-state index in [0.29, 0.717) is 0 Å². The highest BCUT2D eigenvalue weighted by Gasteiger charge is 2.40. The summed E-state index contributed by atoms with van der Waals surface area (Å²) in [6, 6.07) is 8.63. The van der Waals surface area contributed by atoms with E-state index in [4.69, 9.17) is 0 Å². The van der Waals surface area contributed by atoms with E-state index in [-0.39, 0.29) is 10.8 Å². The van der Waals surface area contributed by atoms with Crippen LogP contribution in [-0.4, -0.2) is 13.6 Å². The summed E-state index contributed by atoms with van der Waals surface area (Å²) in [6.07, 6.45) is 0. The second kappa shape index (κ2) is 4.06. The standard InChI is InChI=1S/C13H19NOS/c1-10-12-8-6-5-7-11(12)9-14(10)16(15)13(2,3)4/h5-8,10H,9H2,1-4H3/t10-,16?/m0/s1. The monoisotopic (exact) mass is 237 g/mol. The third-order valence-corrected chi connectivity index (χ3v) is 4.92. The molecule has 1 heterocycles. The molecular formula is C13H19NOS. The summed E-state index contributed by atoms with van der Waals surface area (Å²) in [5, 5.41) is 0. The van der Waals surface area contributed by atoms with Crippen molar-refractivity contribution in [3.05, 3.63) is 35.4 Å². The average molecular weight is 237 g/mol. The molecule has 2 rings (SSSR count). The SMILES string of the molecule is C[C@H]1c2ccccc2CN1[S+]([O-])C(C)(C)C. The van der Waals surface area contributed by atoms with Gasteiger partial charge in [0.25, 0.3) is 0 Å². The Balaban J connectivity index is 2.25. The Hall–Kier alpha value is -0.510. The second-order valence-corrected chi connectivity index (χ2v) is 7.50. The topological polar surface area (TPSA) is 26.3 Å². The maximum atomic E-state index is 12.4. The van der Waals surface area contributed by atoms with Gasteiger partial charge < -0.3 is 4.55 Å². The summed E-state index contributed by atoms with van der Waals surface area (Å²) >= 11 is -0.936. The summed E-state index contributed by atoms with van der Waals surface area (Å²) in [7, 11) is 0. The summed E-state index contributed by atoms with van der Waals surface area (Å²) in [5.41, 5.74) is 2.63. The van der Waals surface area contributed by atoms with E-state index >= 15 is 0 Å². The molecule has 1 aromatic carbocycles. The number of benzene rings is 1. The van der Waals surface area contributed by atoms with E-state index in [0.717, 1.165) is 6.54 Å². The smallest absolute Gasteiger partial charge is 0.137 e. The van der Waals surface area contributed by atoms with Gasteiger partial charge in [-0.2, -0.15) is 0 Å². The first-order valence-electron chi connectivity index (χ1n) is 5.67. The maximum absolute atomic E-state index is 12.4. The van der Waals surface area contributed by atoms with Crippen molar-refractivity contribution in [2.45, 2.75) is 45.0 Å². The molecule has 2 nitrogen and oxygen atoms in total. The van der Waals surface area contributed by atoms with Crippen molar-refractivity contribution in [1.29, 1.82) is 0 Å². The van der Waals surface area contributed by atoms with Crippen molar-refractivity contribution in [2.24, 2.45) is 0 Å². The minimum atomic E-state index is -0.936. The summed E-state index contributed by atoms with van der Waals surface area (Å²) < 4.78 is 14.3. The van der Waals surface area contributed by atoms with Gasteiger partial charge in [-0.25, -0.2) is 0 Å². The van der Waals surface area contributed by atoms with E-state index in [1.54, 1.807) is 0 Å². The van der Waals surface area contributed by atoms with Crippen LogP contribution in [0.25, 0.3) is 0 Å². The van der Waals surface area contributed by atoms with Gasteiger partial charge in [0.2, 0.25) is 0 Å². The molecule has 88 valence electrons. The summed E-state index contributed by atoms with van der Waals surface area (Å²) in [4.78, 5) is 0. The zero-order valence-electron chi connectivity index (χ0n) is 10.4. The van der Waals surface area contributed by atoms with Crippen molar-refractivity contribution in [2.75, 3.05) is 0 Å². The van der Waals surface area contributed by atoms with Crippen molar-refractivity contribution < 1.29 is 4.55 Å². The van der Waals surface area contributed by atoms with Crippen LogP contribution in [0.4, 0.5) is 0 Å². The van der Waals surface area contributed by atoms with Gasteiger partial charge in [0.15, 0.2) is 0 Å². The molecule has 0 aliphatic carbocycles. The van der Waals surface area contributed by atoms with Gasteiger partial charge in [-0.05, 0) is 38.8 Å². The van der Waals surface area contributed by atoms with Crippen LogP contribution < -0.4 is 0 Å². The fourth-order valence-corrected chi connectivity index (χ4v) is 3.46. The molecule has 1 aliphatic heterocycles. The van der Waals surface area contributed by atoms with Crippen LogP contribution in [0, 0.1) is 0 Å². The third-order valence-electron chi connectivity index (χ3n) is 3.00. The highest BCUT2D eigenvalue weighted by molar-refractivity contribution is 7.90. The minimum Gasteiger partial charge on any atom is -0.597 e. The van der Waals surface area contributed by atoms with Gasteiger partial charge in [0, 0.05) is 11.4 Å². The van der Waals surface area contributed by atoms with E-state index in [1.165, 1.54) is 11.1 Å². The predicted molar refractivity (Wildman–Crippen MR) is 68.3 cm³/mol. The molecule has 0 spiro atoms. The Kier molecular flexibility index (Phi) is 3.03. The van der Waals surface area contributed by atoms with Gasteiger partial charge in [-0.1, -0.05) is 24.3 Å². The lowest BCUT2D eigenvalue weighted by Gasteiger charge is -2.32. The first-order chi connectivity index (χ1) is 7.41. The van der Waals surface area contributed by atoms with Crippen LogP contribution in [0.15, 0.2) is 24.3 Å².